The van der Waals surface area contributed by atoms with Gasteiger partial charge in [-0.3, -0.25) is 9.59 Å². The second kappa shape index (κ2) is 7.31. The van der Waals surface area contributed by atoms with E-state index in [0.29, 0.717) is 6.54 Å². The molecule has 1 aromatic carbocycles. The normalized spacial score (nSPS) is 10.6. The average Bonchev–Trinajstić information content (AvgIpc) is 2.38. The smallest absolute Gasteiger partial charge is 0.323 e. The number of carboxylic acid groups (broad SMARTS) is 1. The summed E-state index contributed by atoms with van der Waals surface area (Å²) < 4.78 is 12.7. The Bertz CT molecular complexity index is 468. The van der Waals surface area contributed by atoms with Gasteiger partial charge in [-0.2, -0.15) is 0 Å². The van der Waals surface area contributed by atoms with Crippen molar-refractivity contribution in [3.8, 4) is 0 Å². The first-order valence-electron chi connectivity index (χ1n) is 5.94. The van der Waals surface area contributed by atoms with Gasteiger partial charge in [0.05, 0.1) is 0 Å². The van der Waals surface area contributed by atoms with Gasteiger partial charge in [0.15, 0.2) is 0 Å². The molecule has 0 aliphatic heterocycles. The molecule has 0 fully saturated rings. The first kappa shape index (κ1) is 14.9. The molecule has 1 aromatic rings. The van der Waals surface area contributed by atoms with Crippen LogP contribution in [0.4, 0.5) is 4.39 Å². The van der Waals surface area contributed by atoms with Gasteiger partial charge in [0, 0.05) is 13.0 Å². The third-order valence-corrected chi connectivity index (χ3v) is 2.53. The molecule has 0 aromatic heterocycles. The number of benzene rings is 1. The summed E-state index contributed by atoms with van der Waals surface area (Å²) in [6.45, 7) is 1.79. The van der Waals surface area contributed by atoms with E-state index >= 15 is 0 Å². The van der Waals surface area contributed by atoms with Crippen LogP contribution in [-0.4, -0.2) is 35.0 Å². The summed E-state index contributed by atoms with van der Waals surface area (Å²) in [5.41, 5.74) is 0.787. The molecular formula is C14H16FNO3. The van der Waals surface area contributed by atoms with Crippen molar-refractivity contribution in [1.29, 1.82) is 0 Å². The molecule has 19 heavy (non-hydrogen) atoms. The zero-order valence-electron chi connectivity index (χ0n) is 10.7. The predicted molar refractivity (Wildman–Crippen MR) is 69.9 cm³/mol. The molecule has 4 nitrogen and oxygen atoms in total. The zero-order valence-corrected chi connectivity index (χ0v) is 10.7. The molecule has 0 saturated heterocycles. The second-order valence-electron chi connectivity index (χ2n) is 3.96. The molecule has 0 unspecified atom stereocenters. The van der Waals surface area contributed by atoms with Gasteiger partial charge >= 0.3 is 5.97 Å². The predicted octanol–water partition coefficient (Wildman–Crippen LogP) is 2.16. The van der Waals surface area contributed by atoms with Crippen LogP contribution < -0.4 is 0 Å². The minimum absolute atomic E-state index is 0.124. The quantitative estimate of drug-likeness (QED) is 0.857. The maximum absolute atomic E-state index is 12.7. The first-order valence-corrected chi connectivity index (χ1v) is 5.94. The van der Waals surface area contributed by atoms with E-state index in [1.165, 1.54) is 17.0 Å². The summed E-state index contributed by atoms with van der Waals surface area (Å²) in [7, 11) is 0. The molecule has 0 radical (unpaired) electrons. The van der Waals surface area contributed by atoms with E-state index in [4.69, 9.17) is 5.11 Å². The lowest BCUT2D eigenvalue weighted by Gasteiger charge is -2.17. The molecule has 1 rings (SSSR count). The van der Waals surface area contributed by atoms with E-state index < -0.39 is 5.97 Å². The summed E-state index contributed by atoms with van der Waals surface area (Å²) in [6.07, 6.45) is 3.46. The van der Waals surface area contributed by atoms with E-state index in [1.807, 2.05) is 0 Å². The highest BCUT2D eigenvalue weighted by atomic mass is 19.1. The highest BCUT2D eigenvalue weighted by Gasteiger charge is 2.12. The summed E-state index contributed by atoms with van der Waals surface area (Å²) in [4.78, 5) is 23.5. The van der Waals surface area contributed by atoms with Gasteiger partial charge in [-0.15, -0.1) is 0 Å². The maximum Gasteiger partial charge on any atom is 0.323 e. The topological polar surface area (TPSA) is 57.6 Å². The molecule has 1 N–H and O–H groups in total. The number of nitrogens with zero attached hydrogens (tertiary/aromatic N) is 1. The van der Waals surface area contributed by atoms with E-state index in [2.05, 4.69) is 0 Å². The summed E-state index contributed by atoms with van der Waals surface area (Å²) in [6, 6.07) is 5.88. The Kier molecular flexibility index (Phi) is 5.73. The van der Waals surface area contributed by atoms with Crippen LogP contribution in [0.25, 0.3) is 6.08 Å². The number of rotatable bonds is 6. The van der Waals surface area contributed by atoms with Crippen LogP contribution >= 0.6 is 0 Å². The fourth-order valence-corrected chi connectivity index (χ4v) is 1.54. The van der Waals surface area contributed by atoms with Crippen LogP contribution in [0.15, 0.2) is 30.3 Å². The Balaban J connectivity index is 2.52. The summed E-state index contributed by atoms with van der Waals surface area (Å²) in [5.74, 6) is -1.59. The lowest BCUT2D eigenvalue weighted by Crippen LogP contribution is -2.34. The maximum atomic E-state index is 12.7. The lowest BCUT2D eigenvalue weighted by molar-refractivity contribution is -0.143. The van der Waals surface area contributed by atoms with Crippen molar-refractivity contribution < 1.29 is 19.1 Å². The number of aliphatic carboxylic acids is 1. The minimum atomic E-state index is -1.03. The Morgan fingerprint density at radius 2 is 1.95 bits per heavy atom. The molecule has 0 bridgehead atoms. The Labute approximate surface area is 111 Å². The lowest BCUT2D eigenvalue weighted by atomic mass is 10.2. The standard InChI is InChI=1S/C14H16FNO3/c1-2-16(10-14(18)19)13(17)5-3-4-11-6-8-12(15)9-7-11/h3-4,6-9H,2,5,10H2,1H3,(H,18,19)/b4-3+. The third-order valence-electron chi connectivity index (χ3n) is 2.53. The third kappa shape index (κ3) is 5.33. The van der Waals surface area contributed by atoms with Crippen molar-refractivity contribution in [1.82, 2.24) is 4.90 Å². The monoisotopic (exact) mass is 265 g/mol. The molecule has 0 atom stereocenters. The highest BCUT2D eigenvalue weighted by molar-refractivity contribution is 5.82. The van der Waals surface area contributed by atoms with Gasteiger partial charge in [-0.25, -0.2) is 4.39 Å². The number of amides is 1. The van der Waals surface area contributed by atoms with Gasteiger partial charge in [-0.1, -0.05) is 24.3 Å². The van der Waals surface area contributed by atoms with Crippen LogP contribution in [0.1, 0.15) is 18.9 Å². The number of carbonyl (C=O) groups is 2. The molecular weight excluding hydrogens is 249 g/mol. The largest absolute Gasteiger partial charge is 0.480 e. The van der Waals surface area contributed by atoms with Crippen molar-refractivity contribution in [3.63, 3.8) is 0 Å². The summed E-state index contributed by atoms with van der Waals surface area (Å²) >= 11 is 0. The van der Waals surface area contributed by atoms with Crippen molar-refractivity contribution in [2.45, 2.75) is 13.3 Å². The summed E-state index contributed by atoms with van der Waals surface area (Å²) in [5, 5.41) is 8.65. The minimum Gasteiger partial charge on any atom is -0.480 e. The van der Waals surface area contributed by atoms with Crippen LogP contribution in [0, 0.1) is 5.82 Å². The Morgan fingerprint density at radius 3 is 2.47 bits per heavy atom. The number of carbonyl (C=O) groups excluding carboxylic acids is 1. The molecule has 0 saturated carbocycles. The van der Waals surface area contributed by atoms with E-state index in [-0.39, 0.29) is 24.7 Å². The van der Waals surface area contributed by atoms with Gasteiger partial charge in [0.1, 0.15) is 12.4 Å². The molecule has 0 aliphatic carbocycles. The molecule has 0 aliphatic rings. The molecule has 102 valence electrons. The van der Waals surface area contributed by atoms with Gasteiger partial charge < -0.3 is 10.0 Å². The van der Waals surface area contributed by atoms with Gasteiger partial charge in [0.2, 0.25) is 5.91 Å². The van der Waals surface area contributed by atoms with E-state index in [0.717, 1.165) is 5.56 Å². The molecule has 5 heteroatoms. The number of carboxylic acids is 1. The van der Waals surface area contributed by atoms with Crippen LogP contribution in [-0.2, 0) is 9.59 Å². The fraction of sp³-hybridized carbons (Fsp3) is 0.286. The second-order valence-corrected chi connectivity index (χ2v) is 3.96. The fourth-order valence-electron chi connectivity index (χ4n) is 1.54. The average molecular weight is 265 g/mol. The van der Waals surface area contributed by atoms with Crippen molar-refractivity contribution >= 4 is 18.0 Å². The van der Waals surface area contributed by atoms with Crippen molar-refractivity contribution in [2.75, 3.05) is 13.1 Å². The number of hydrogen-bond acceptors (Lipinski definition) is 2. The van der Waals surface area contributed by atoms with Crippen LogP contribution in [0.5, 0.6) is 0 Å². The highest BCUT2D eigenvalue weighted by Crippen LogP contribution is 2.06. The Hall–Kier alpha value is -2.17. The van der Waals surface area contributed by atoms with E-state index in [1.54, 1.807) is 31.2 Å². The molecule has 0 spiro atoms. The molecule has 1 amide bonds. The molecule has 0 heterocycles. The van der Waals surface area contributed by atoms with Crippen molar-refractivity contribution in [3.05, 3.63) is 41.7 Å². The van der Waals surface area contributed by atoms with Crippen molar-refractivity contribution in [2.24, 2.45) is 0 Å². The number of hydrogen-bond donors (Lipinski definition) is 1. The van der Waals surface area contributed by atoms with E-state index in [9.17, 15) is 14.0 Å². The zero-order chi connectivity index (χ0) is 14.3. The Morgan fingerprint density at radius 1 is 1.32 bits per heavy atom. The first-order chi connectivity index (χ1) is 9.02. The SMILES string of the molecule is CCN(CC(=O)O)C(=O)C/C=C/c1ccc(F)cc1. The number of likely N-dealkylation sites (N-methyl/N-ethyl adjacent to an activating group) is 1. The van der Waals surface area contributed by atoms with Gasteiger partial charge in [0.25, 0.3) is 0 Å². The van der Waals surface area contributed by atoms with Crippen LogP contribution in [0.3, 0.4) is 0 Å². The number of halogens is 1. The van der Waals surface area contributed by atoms with Crippen LogP contribution in [0.2, 0.25) is 0 Å². The van der Waals surface area contributed by atoms with Gasteiger partial charge in [-0.05, 0) is 24.6 Å².